The summed E-state index contributed by atoms with van der Waals surface area (Å²) >= 11 is 0. The summed E-state index contributed by atoms with van der Waals surface area (Å²) in [6, 6.07) is 224. The Morgan fingerprint density at radius 1 is 0.0933 bits per heavy atom. The molecule has 704 valence electrons. The number of nitrogens with zero attached hydrogens (tertiary/aromatic N) is 4. The van der Waals surface area contributed by atoms with E-state index in [9.17, 15) is 0 Å². The second-order valence-corrected chi connectivity index (χ2v) is 46.9. The summed E-state index contributed by atoms with van der Waals surface area (Å²) in [5, 5.41) is 20.9. The molecule has 6 heteroatoms. The maximum Gasteiger partial charge on any atom is 0.179 e. The van der Waals surface area contributed by atoms with Gasteiger partial charge in [-0.2, -0.15) is 0 Å². The maximum absolute atomic E-state index is 2.70. The van der Waals surface area contributed by atoms with Gasteiger partial charge in [-0.15, -0.1) is 0 Å². The van der Waals surface area contributed by atoms with Crippen molar-refractivity contribution in [2.75, 3.05) is 0 Å². The van der Waals surface area contributed by atoms with Crippen LogP contribution in [0.5, 0.6) is 0 Å². The van der Waals surface area contributed by atoms with Crippen LogP contribution in [0.1, 0.15) is 0 Å². The van der Waals surface area contributed by atoms with E-state index in [-0.39, 0.29) is 0 Å². The number of hydrogen-bond acceptors (Lipinski definition) is 0. The molecule has 0 amide bonds. The highest BCUT2D eigenvalue weighted by Crippen LogP contribution is 2.44. The van der Waals surface area contributed by atoms with E-state index in [1.54, 1.807) is 0 Å². The van der Waals surface area contributed by atoms with Crippen LogP contribution in [-0.2, 0) is 0 Å². The third-order valence-electron chi connectivity index (χ3n) is 30.9. The molecule has 0 saturated carbocycles. The van der Waals surface area contributed by atoms with Gasteiger partial charge < -0.3 is 18.3 Å². The van der Waals surface area contributed by atoms with Crippen LogP contribution < -0.4 is 41.5 Å². The topological polar surface area (TPSA) is 19.7 Å². The van der Waals surface area contributed by atoms with Gasteiger partial charge in [0.15, 0.2) is 16.1 Å². The molecule has 4 heterocycles. The largest absolute Gasteiger partial charge is 0.309 e. The van der Waals surface area contributed by atoms with E-state index < -0.39 is 16.1 Å². The zero-order valence-electron chi connectivity index (χ0n) is 82.5. The lowest BCUT2D eigenvalue weighted by atomic mass is 9.98. The number of fused-ring (bicyclic) bond motifs is 12. The fraction of sp³-hybridized carbons (Fsp3) is 0. The van der Waals surface area contributed by atoms with E-state index in [1.807, 2.05) is 0 Å². The Morgan fingerprint density at radius 2 is 0.260 bits per heavy atom. The smallest absolute Gasteiger partial charge is 0.179 e. The number of para-hydroxylation sites is 4. The standard InChI is InChI=1S/2C72H50N2Si/c1-5-20-51(21-6-1)54-22-17-25-59(46-54)73-69-36-15-13-34-65(69)67-49-57(42-44-71(67)73)52-38-40-53(41-39-52)58-43-45-72-68(50-58)66-35-14-16-37-70(66)74(72)60-26-18-23-55(47-60)56-24-19-33-64(48-56)75(61-27-7-2-8-28-61,62-29-9-3-10-30-62)63-31-11-4-12-32-63;1-5-19-51(20-6-1)52-39-43-59(44-40-52)73-69-33-15-13-31-65(69)67-49-57(41-45-71(67)73)53-35-37-54(38-36-53)58-42-46-72-68(50-58)66-32-14-16-34-70(66)74(72)60-23-17-21-55(47-60)56-22-18-30-64(48-56)75(61-24-7-2-8-25-61,62-26-9-3-10-27-62)63-28-11-4-12-29-63/h2*1-50H. The minimum Gasteiger partial charge on any atom is -0.309 e. The number of benzene rings is 24. The Morgan fingerprint density at radius 3 is 0.533 bits per heavy atom. The average Bonchev–Trinajstić information content (AvgIpc) is 1.62. The highest BCUT2D eigenvalue weighted by Gasteiger charge is 2.43. The fourth-order valence-electron chi connectivity index (χ4n) is 24.0. The molecule has 0 aliphatic heterocycles. The van der Waals surface area contributed by atoms with Gasteiger partial charge in [-0.25, -0.2) is 0 Å². The molecular formula is C144H100N4Si2. The van der Waals surface area contributed by atoms with Gasteiger partial charge in [0.2, 0.25) is 0 Å². The predicted octanol–water partition coefficient (Wildman–Crippen LogP) is 31.9. The van der Waals surface area contributed by atoms with Crippen LogP contribution in [0, 0.1) is 0 Å². The van der Waals surface area contributed by atoms with Crippen LogP contribution in [0.25, 0.3) is 199 Å². The second kappa shape index (κ2) is 38.5. The maximum atomic E-state index is 2.46. The van der Waals surface area contributed by atoms with Crippen molar-refractivity contribution in [1.82, 2.24) is 18.3 Å². The van der Waals surface area contributed by atoms with Gasteiger partial charge in [0.05, 0.1) is 44.1 Å². The lowest BCUT2D eigenvalue weighted by Gasteiger charge is -2.34. The minimum atomic E-state index is -2.70. The number of hydrogen-bond donors (Lipinski definition) is 0. The SMILES string of the molecule is c1ccc(-c2ccc(-n3c4ccccc4c4cc(-c5ccc(-c6ccc7c(c6)c6ccccc6n7-c6cccc(-c7cccc([Si](c8ccccc8)(c8ccccc8)c8ccccc8)c7)c6)cc5)ccc43)cc2)cc1.c1ccc(-c2cccc(-n3c4ccccc4c4cc(-c5ccc(-c6ccc7c(c6)c6ccccc6n7-c6cccc(-c7cccc([Si](c8ccccc8)(c8ccccc8)c8ccccc8)c7)c6)cc5)ccc43)c2)cc1. The van der Waals surface area contributed by atoms with Crippen molar-refractivity contribution in [1.29, 1.82) is 0 Å². The average molecular weight is 1940 g/mol. The quantitative estimate of drug-likeness (QED) is 0.0535. The molecule has 0 radical (unpaired) electrons. The van der Waals surface area contributed by atoms with E-state index in [0.717, 1.165) is 22.7 Å². The summed E-state index contributed by atoms with van der Waals surface area (Å²) in [6.45, 7) is 0. The highest BCUT2D eigenvalue weighted by molar-refractivity contribution is 7.20. The first-order valence-corrected chi connectivity index (χ1v) is 55.8. The van der Waals surface area contributed by atoms with Crippen molar-refractivity contribution in [3.05, 3.63) is 607 Å². The molecule has 0 aliphatic carbocycles. The lowest BCUT2D eigenvalue weighted by Crippen LogP contribution is -2.74. The van der Waals surface area contributed by atoms with Crippen molar-refractivity contribution < 1.29 is 0 Å². The first-order chi connectivity index (χ1) is 74.4. The molecule has 24 aromatic carbocycles. The Bertz CT molecular complexity index is 9700. The van der Waals surface area contributed by atoms with Gasteiger partial charge in [-0.05, 0) is 252 Å². The highest BCUT2D eigenvalue weighted by atomic mass is 28.3. The lowest BCUT2D eigenvalue weighted by molar-refractivity contribution is 1.18. The Labute approximate surface area is 874 Å². The van der Waals surface area contributed by atoms with Gasteiger partial charge in [0.1, 0.15) is 0 Å². The molecule has 0 spiro atoms. The molecular weight excluding hydrogens is 1840 g/mol. The second-order valence-electron chi connectivity index (χ2n) is 39.3. The van der Waals surface area contributed by atoms with Crippen LogP contribution in [0.2, 0.25) is 0 Å². The molecule has 4 aromatic heterocycles. The molecule has 0 N–H and O–H groups in total. The monoisotopic (exact) mass is 1940 g/mol. The molecule has 28 aromatic rings. The Balaban J connectivity index is 0.000000148. The summed E-state index contributed by atoms with van der Waals surface area (Å²) in [7, 11) is -5.41. The minimum absolute atomic E-state index is 1.14. The number of rotatable bonds is 20. The van der Waals surface area contributed by atoms with Crippen molar-refractivity contribution >= 4 is 145 Å². The zero-order valence-corrected chi connectivity index (χ0v) is 84.5. The van der Waals surface area contributed by atoms with Crippen LogP contribution in [-0.4, -0.2) is 34.4 Å². The molecule has 0 unspecified atom stereocenters. The van der Waals surface area contributed by atoms with E-state index in [1.165, 1.54) is 218 Å². The van der Waals surface area contributed by atoms with E-state index >= 15 is 0 Å². The van der Waals surface area contributed by atoms with Crippen molar-refractivity contribution in [2.45, 2.75) is 0 Å². The predicted molar refractivity (Wildman–Crippen MR) is 641 cm³/mol. The van der Waals surface area contributed by atoms with Crippen LogP contribution in [0.4, 0.5) is 0 Å². The van der Waals surface area contributed by atoms with E-state index in [4.69, 9.17) is 0 Å². The molecule has 0 atom stereocenters. The molecule has 0 saturated heterocycles. The summed E-state index contributed by atoms with van der Waals surface area (Å²) in [5.41, 5.74) is 33.4. The van der Waals surface area contributed by atoms with Gasteiger partial charge in [-0.3, -0.25) is 0 Å². The Kier molecular flexibility index (Phi) is 23.0. The Hall–Kier alpha value is -19.1. The molecule has 0 aliphatic rings. The van der Waals surface area contributed by atoms with E-state index in [2.05, 4.69) is 625 Å². The van der Waals surface area contributed by atoms with Crippen molar-refractivity contribution in [3.8, 4) is 112 Å². The first kappa shape index (κ1) is 89.7. The summed E-state index contributed by atoms with van der Waals surface area (Å²) < 4.78 is 9.68. The third kappa shape index (κ3) is 15.8. The molecule has 28 rings (SSSR count). The van der Waals surface area contributed by atoms with Gasteiger partial charge >= 0.3 is 0 Å². The fourth-order valence-corrected chi connectivity index (χ4v) is 33.6. The van der Waals surface area contributed by atoms with Gasteiger partial charge in [0, 0.05) is 65.8 Å². The van der Waals surface area contributed by atoms with Gasteiger partial charge in [-0.1, -0.05) is 485 Å². The normalized spacial score (nSPS) is 11.7. The summed E-state index contributed by atoms with van der Waals surface area (Å²) in [5.74, 6) is 0. The summed E-state index contributed by atoms with van der Waals surface area (Å²) in [6.07, 6.45) is 0. The van der Waals surface area contributed by atoms with Crippen LogP contribution in [0.15, 0.2) is 607 Å². The third-order valence-corrected chi connectivity index (χ3v) is 40.5. The van der Waals surface area contributed by atoms with Crippen LogP contribution in [0.3, 0.4) is 0 Å². The zero-order chi connectivity index (χ0) is 99.4. The summed E-state index contributed by atoms with van der Waals surface area (Å²) in [4.78, 5) is 0. The number of aromatic nitrogens is 4. The first-order valence-electron chi connectivity index (χ1n) is 51.8. The van der Waals surface area contributed by atoms with Crippen molar-refractivity contribution in [2.24, 2.45) is 0 Å². The van der Waals surface area contributed by atoms with Crippen molar-refractivity contribution in [3.63, 3.8) is 0 Å². The van der Waals surface area contributed by atoms with E-state index in [0.29, 0.717) is 0 Å². The van der Waals surface area contributed by atoms with Crippen LogP contribution >= 0.6 is 0 Å². The molecule has 0 fully saturated rings. The molecule has 0 bridgehead atoms. The molecule has 4 nitrogen and oxygen atoms in total. The molecule has 150 heavy (non-hydrogen) atoms. The van der Waals surface area contributed by atoms with Gasteiger partial charge in [0.25, 0.3) is 0 Å².